The number of esters is 1. The van der Waals surface area contributed by atoms with Crippen molar-refractivity contribution in [1.82, 2.24) is 0 Å². The molecule has 0 amide bonds. The Labute approximate surface area is 223 Å². The van der Waals surface area contributed by atoms with Crippen LogP contribution in [0.3, 0.4) is 0 Å². The first-order chi connectivity index (χ1) is 17.9. The molecule has 1 aliphatic heterocycles. The normalized spacial score (nSPS) is 40.3. The number of fused-ring (bicyclic) bond motifs is 1. The molecule has 208 valence electrons. The Bertz CT molecular complexity index is 1130. The second-order valence-electron chi connectivity index (χ2n) is 12.6. The van der Waals surface area contributed by atoms with Crippen molar-refractivity contribution in [2.45, 2.75) is 78.6 Å². The quantitative estimate of drug-likeness (QED) is 0.390. The summed E-state index contributed by atoms with van der Waals surface area (Å²) < 4.78 is 31.5. The third-order valence-electron chi connectivity index (χ3n) is 10.8. The van der Waals surface area contributed by atoms with Gasteiger partial charge in [0.05, 0.1) is 19.3 Å². The van der Waals surface area contributed by atoms with Crippen molar-refractivity contribution >= 4 is 24.3 Å². The number of carbonyl (C=O) groups is 2. The standard InChI is InChI=1S/C28H38BFO8/c1-15-7-9-28-10-8-18(32)24(28)27(15,4)20(11-26(3,14-31)25(34)16(28)2)38-21(33)13-36-19-6-5-17-12-37-29(35)22(17)23(19)30/h5-6,15-16,20,24-25,31,34-35H,7-14H2,1-4H3/t15-,16-,20+,24-,25-,26-,27-,28-/m0/s1. The number of hydrogen-bond acceptors (Lipinski definition) is 8. The van der Waals surface area contributed by atoms with Crippen molar-refractivity contribution in [1.29, 1.82) is 0 Å². The second-order valence-corrected chi connectivity index (χ2v) is 12.6. The van der Waals surface area contributed by atoms with Gasteiger partial charge in [-0.3, -0.25) is 4.79 Å². The molecule has 0 unspecified atom stereocenters. The average molecular weight is 532 g/mol. The van der Waals surface area contributed by atoms with Crippen LogP contribution in [0.15, 0.2) is 12.1 Å². The molecule has 8 atom stereocenters. The van der Waals surface area contributed by atoms with Crippen LogP contribution in [0, 0.1) is 39.8 Å². The number of rotatable bonds is 5. The van der Waals surface area contributed by atoms with Gasteiger partial charge in [0, 0.05) is 28.6 Å². The maximum Gasteiger partial charge on any atom is 0.494 e. The van der Waals surface area contributed by atoms with E-state index in [1.165, 1.54) is 6.07 Å². The van der Waals surface area contributed by atoms with E-state index in [1.807, 2.05) is 13.8 Å². The minimum atomic E-state index is -1.39. The van der Waals surface area contributed by atoms with E-state index < -0.39 is 54.0 Å². The van der Waals surface area contributed by atoms with Crippen LogP contribution in [0.4, 0.5) is 4.39 Å². The Kier molecular flexibility index (Phi) is 6.94. The lowest BCUT2D eigenvalue weighted by atomic mass is 9.44. The SMILES string of the molecule is C[C@H]1[C@H](O)[C@](C)(CO)C[C@@H](OC(=O)COc2ccc3c(c2F)B(O)OC3)[C@@]2(C)[C@@H]3C(=O)CC[C@]31CC[C@@H]2C. The molecule has 0 saturated heterocycles. The second kappa shape index (κ2) is 9.57. The summed E-state index contributed by atoms with van der Waals surface area (Å²) in [5.74, 6) is -2.09. The lowest BCUT2D eigenvalue weighted by Gasteiger charge is -2.62. The van der Waals surface area contributed by atoms with E-state index in [2.05, 4.69) is 6.92 Å². The number of ketones is 1. The highest BCUT2D eigenvalue weighted by molar-refractivity contribution is 6.61. The molecule has 3 fully saturated rings. The molecule has 1 heterocycles. The smallest absolute Gasteiger partial charge is 0.479 e. The first-order valence-electron chi connectivity index (χ1n) is 13.6. The van der Waals surface area contributed by atoms with Crippen LogP contribution < -0.4 is 10.2 Å². The van der Waals surface area contributed by atoms with Gasteiger partial charge in [-0.25, -0.2) is 9.18 Å². The minimum absolute atomic E-state index is 0.00247. The molecule has 0 radical (unpaired) electrons. The molecule has 38 heavy (non-hydrogen) atoms. The number of halogens is 1. The first kappa shape index (κ1) is 27.6. The number of hydrogen-bond donors (Lipinski definition) is 3. The summed E-state index contributed by atoms with van der Waals surface area (Å²) in [6, 6.07) is 2.96. The molecular weight excluding hydrogens is 494 g/mol. The van der Waals surface area contributed by atoms with E-state index in [9.17, 15) is 29.2 Å². The molecule has 3 aliphatic carbocycles. The van der Waals surface area contributed by atoms with Gasteiger partial charge in [-0.1, -0.05) is 33.8 Å². The van der Waals surface area contributed by atoms with E-state index in [1.54, 1.807) is 13.0 Å². The van der Waals surface area contributed by atoms with Gasteiger partial charge in [-0.05, 0) is 54.6 Å². The fourth-order valence-electron chi connectivity index (χ4n) is 8.21. The Balaban J connectivity index is 1.44. The Morgan fingerprint density at radius 1 is 1.26 bits per heavy atom. The van der Waals surface area contributed by atoms with Crippen molar-refractivity contribution < 1.29 is 43.3 Å². The summed E-state index contributed by atoms with van der Waals surface area (Å²) in [6.07, 6.45) is 1.27. The molecule has 0 aromatic heterocycles. The number of Topliss-reactive ketones (excluding diaryl/α,β-unsaturated/α-hetero) is 1. The van der Waals surface area contributed by atoms with Crippen LogP contribution in [0.5, 0.6) is 5.75 Å². The molecule has 4 aliphatic rings. The molecular formula is C28H38BFO8. The minimum Gasteiger partial charge on any atom is -0.479 e. The van der Waals surface area contributed by atoms with Crippen LogP contribution >= 0.6 is 0 Å². The molecule has 1 aromatic carbocycles. The largest absolute Gasteiger partial charge is 0.494 e. The summed E-state index contributed by atoms with van der Waals surface area (Å²) >= 11 is 0. The molecule has 0 spiro atoms. The fourth-order valence-corrected chi connectivity index (χ4v) is 8.21. The van der Waals surface area contributed by atoms with Crippen LogP contribution in [-0.4, -0.2) is 59.5 Å². The number of ether oxygens (including phenoxy) is 2. The lowest BCUT2D eigenvalue weighted by Crippen LogP contribution is -2.63. The zero-order chi connectivity index (χ0) is 27.6. The van der Waals surface area contributed by atoms with E-state index in [4.69, 9.17) is 14.1 Å². The van der Waals surface area contributed by atoms with Crippen molar-refractivity contribution in [3.63, 3.8) is 0 Å². The van der Waals surface area contributed by atoms with Gasteiger partial charge in [0.25, 0.3) is 0 Å². The molecule has 2 bridgehead atoms. The van der Waals surface area contributed by atoms with Gasteiger partial charge >= 0.3 is 13.1 Å². The van der Waals surface area contributed by atoms with E-state index in [0.29, 0.717) is 18.4 Å². The van der Waals surface area contributed by atoms with Gasteiger partial charge in [0.2, 0.25) is 0 Å². The number of aliphatic hydroxyl groups is 2. The number of aliphatic hydroxyl groups excluding tert-OH is 2. The summed E-state index contributed by atoms with van der Waals surface area (Å²) in [6.45, 7) is 7.11. The lowest BCUT2D eigenvalue weighted by molar-refractivity contribution is -0.216. The molecule has 1 aromatic rings. The Morgan fingerprint density at radius 2 is 2.00 bits per heavy atom. The fraction of sp³-hybridized carbons (Fsp3) is 0.714. The summed E-state index contributed by atoms with van der Waals surface area (Å²) in [4.78, 5) is 26.6. The Morgan fingerprint density at radius 3 is 2.71 bits per heavy atom. The maximum atomic E-state index is 14.9. The molecule has 5 rings (SSSR count). The predicted molar refractivity (Wildman–Crippen MR) is 136 cm³/mol. The van der Waals surface area contributed by atoms with Crippen LogP contribution in [0.2, 0.25) is 0 Å². The monoisotopic (exact) mass is 532 g/mol. The van der Waals surface area contributed by atoms with E-state index in [0.717, 1.165) is 12.8 Å². The highest BCUT2D eigenvalue weighted by atomic mass is 19.1. The average Bonchev–Trinajstić information content (AvgIpc) is 3.45. The third kappa shape index (κ3) is 3.93. The molecule has 3 saturated carbocycles. The van der Waals surface area contributed by atoms with Crippen molar-refractivity contribution in [2.75, 3.05) is 13.2 Å². The summed E-state index contributed by atoms with van der Waals surface area (Å²) in [5.41, 5.74) is -1.56. The van der Waals surface area contributed by atoms with Gasteiger partial charge in [-0.2, -0.15) is 0 Å². The molecule has 8 nitrogen and oxygen atoms in total. The van der Waals surface area contributed by atoms with Crippen molar-refractivity contribution in [3.8, 4) is 5.75 Å². The molecule has 3 N–H and O–H groups in total. The van der Waals surface area contributed by atoms with Gasteiger partial charge in [-0.15, -0.1) is 0 Å². The van der Waals surface area contributed by atoms with E-state index in [-0.39, 0.29) is 54.4 Å². The summed E-state index contributed by atoms with van der Waals surface area (Å²) in [7, 11) is -1.39. The highest BCUT2D eigenvalue weighted by Gasteiger charge is 2.68. The first-order valence-corrected chi connectivity index (χ1v) is 13.6. The predicted octanol–water partition coefficient (Wildman–Crippen LogP) is 2.13. The van der Waals surface area contributed by atoms with Crippen LogP contribution in [-0.2, 0) is 25.6 Å². The highest BCUT2D eigenvalue weighted by Crippen LogP contribution is 2.67. The van der Waals surface area contributed by atoms with Crippen molar-refractivity contribution in [3.05, 3.63) is 23.5 Å². The van der Waals surface area contributed by atoms with Gasteiger partial charge < -0.3 is 29.4 Å². The third-order valence-corrected chi connectivity index (χ3v) is 10.8. The van der Waals surface area contributed by atoms with Crippen LogP contribution in [0.1, 0.15) is 65.4 Å². The van der Waals surface area contributed by atoms with Crippen molar-refractivity contribution in [2.24, 2.45) is 34.0 Å². The van der Waals surface area contributed by atoms with Gasteiger partial charge in [0.15, 0.2) is 18.2 Å². The maximum absolute atomic E-state index is 14.9. The van der Waals surface area contributed by atoms with E-state index >= 15 is 0 Å². The molecule has 10 heteroatoms. The number of benzene rings is 1. The summed E-state index contributed by atoms with van der Waals surface area (Å²) in [5, 5.41) is 31.8. The Hall–Kier alpha value is -2.01. The number of carbonyl (C=O) groups excluding carboxylic acids is 2. The zero-order valence-corrected chi connectivity index (χ0v) is 22.5. The topological polar surface area (TPSA) is 123 Å². The van der Waals surface area contributed by atoms with Gasteiger partial charge in [0.1, 0.15) is 11.9 Å². The van der Waals surface area contributed by atoms with Crippen LogP contribution in [0.25, 0.3) is 0 Å². The zero-order valence-electron chi connectivity index (χ0n) is 22.5.